The van der Waals surface area contributed by atoms with E-state index in [4.69, 9.17) is 0 Å². The van der Waals surface area contributed by atoms with Crippen LogP contribution >= 0.6 is 0 Å². The summed E-state index contributed by atoms with van der Waals surface area (Å²) in [5.41, 5.74) is 3.62. The highest BCUT2D eigenvalue weighted by molar-refractivity contribution is 5.83. The molecule has 0 bridgehead atoms. The molecule has 106 valence electrons. The summed E-state index contributed by atoms with van der Waals surface area (Å²) in [6.45, 7) is 1.77. The van der Waals surface area contributed by atoms with Crippen LogP contribution < -0.4 is 5.32 Å². The van der Waals surface area contributed by atoms with Crippen molar-refractivity contribution in [2.75, 3.05) is 7.05 Å². The molecule has 0 aliphatic rings. The average molecular weight is 280 g/mol. The first kappa shape index (κ1) is 13.7. The summed E-state index contributed by atoms with van der Waals surface area (Å²) in [4.78, 5) is 4.38. The molecular formula is C18H17FN2. The first-order valence-corrected chi connectivity index (χ1v) is 6.97. The Bertz CT molecular complexity index is 778. The van der Waals surface area contributed by atoms with Crippen LogP contribution in [0.5, 0.6) is 0 Å². The van der Waals surface area contributed by atoms with Crippen molar-refractivity contribution in [3.05, 3.63) is 77.2 Å². The molecule has 0 saturated heterocycles. The Kier molecular flexibility index (Phi) is 3.67. The van der Waals surface area contributed by atoms with Gasteiger partial charge in [-0.15, -0.1) is 0 Å². The van der Waals surface area contributed by atoms with Crippen LogP contribution in [0, 0.1) is 12.7 Å². The maximum absolute atomic E-state index is 13.9. The predicted octanol–water partition coefficient (Wildman–Crippen LogP) is 3.99. The molecule has 3 rings (SSSR count). The number of nitrogens with one attached hydrogen (secondary N) is 1. The van der Waals surface area contributed by atoms with Gasteiger partial charge in [0.25, 0.3) is 0 Å². The van der Waals surface area contributed by atoms with Crippen LogP contribution in [0.25, 0.3) is 10.9 Å². The summed E-state index contributed by atoms with van der Waals surface area (Å²) in [5.74, 6) is -0.175. The maximum atomic E-state index is 13.9. The zero-order valence-corrected chi connectivity index (χ0v) is 12.1. The molecule has 1 unspecified atom stereocenters. The van der Waals surface area contributed by atoms with Gasteiger partial charge in [0.1, 0.15) is 5.82 Å². The van der Waals surface area contributed by atoms with Crippen molar-refractivity contribution in [3.8, 4) is 0 Å². The molecule has 0 aliphatic carbocycles. The van der Waals surface area contributed by atoms with Gasteiger partial charge in [-0.05, 0) is 48.9 Å². The van der Waals surface area contributed by atoms with Crippen molar-refractivity contribution in [3.63, 3.8) is 0 Å². The topological polar surface area (TPSA) is 24.9 Å². The second-order valence-corrected chi connectivity index (χ2v) is 5.15. The summed E-state index contributed by atoms with van der Waals surface area (Å²) in [6.07, 6.45) is 1.78. The van der Waals surface area contributed by atoms with Crippen molar-refractivity contribution < 1.29 is 4.39 Å². The van der Waals surface area contributed by atoms with Crippen LogP contribution in [0.3, 0.4) is 0 Å². The van der Waals surface area contributed by atoms with E-state index in [0.29, 0.717) is 5.56 Å². The average Bonchev–Trinajstić information content (AvgIpc) is 2.52. The fourth-order valence-electron chi connectivity index (χ4n) is 2.67. The third-order valence-electron chi connectivity index (χ3n) is 3.81. The SMILES string of the molecule is CNC(c1ccc(C)c(F)c1)c1cccc2ncccc12. The molecular weight excluding hydrogens is 263 g/mol. The Morgan fingerprint density at radius 2 is 1.95 bits per heavy atom. The van der Waals surface area contributed by atoms with Gasteiger partial charge >= 0.3 is 0 Å². The molecule has 3 aromatic rings. The van der Waals surface area contributed by atoms with E-state index < -0.39 is 0 Å². The molecule has 2 aromatic carbocycles. The van der Waals surface area contributed by atoms with Crippen LogP contribution in [0.15, 0.2) is 54.7 Å². The summed E-state index contributed by atoms with van der Waals surface area (Å²) in [5, 5.41) is 4.36. The molecule has 1 aromatic heterocycles. The van der Waals surface area contributed by atoms with Gasteiger partial charge in [0, 0.05) is 11.6 Å². The molecule has 21 heavy (non-hydrogen) atoms. The molecule has 1 heterocycles. The number of nitrogens with zero attached hydrogens (tertiary/aromatic N) is 1. The van der Waals surface area contributed by atoms with Gasteiger partial charge < -0.3 is 5.32 Å². The normalized spacial score (nSPS) is 12.5. The van der Waals surface area contributed by atoms with E-state index in [2.05, 4.69) is 16.4 Å². The number of pyridine rings is 1. The zero-order valence-electron chi connectivity index (χ0n) is 12.1. The van der Waals surface area contributed by atoms with Crippen molar-refractivity contribution in [2.45, 2.75) is 13.0 Å². The Morgan fingerprint density at radius 3 is 2.71 bits per heavy atom. The Balaban J connectivity index is 2.16. The fourth-order valence-corrected chi connectivity index (χ4v) is 2.67. The minimum absolute atomic E-state index is 0.0620. The maximum Gasteiger partial charge on any atom is 0.126 e. The van der Waals surface area contributed by atoms with E-state index in [0.717, 1.165) is 22.0 Å². The van der Waals surface area contributed by atoms with Crippen molar-refractivity contribution >= 4 is 10.9 Å². The molecule has 3 heteroatoms. The number of hydrogen-bond acceptors (Lipinski definition) is 2. The lowest BCUT2D eigenvalue weighted by molar-refractivity contribution is 0.608. The lowest BCUT2D eigenvalue weighted by Gasteiger charge is -2.19. The molecule has 2 nitrogen and oxygen atoms in total. The molecule has 0 fully saturated rings. The summed E-state index contributed by atoms with van der Waals surface area (Å²) < 4.78 is 13.9. The smallest absolute Gasteiger partial charge is 0.126 e. The van der Waals surface area contributed by atoms with Gasteiger partial charge in [0.15, 0.2) is 0 Å². The van der Waals surface area contributed by atoms with Crippen LogP contribution in [-0.2, 0) is 0 Å². The Hall–Kier alpha value is -2.26. The monoisotopic (exact) mass is 280 g/mol. The highest BCUT2D eigenvalue weighted by atomic mass is 19.1. The van der Waals surface area contributed by atoms with E-state index in [-0.39, 0.29) is 11.9 Å². The lowest BCUT2D eigenvalue weighted by Crippen LogP contribution is -2.18. The second kappa shape index (κ2) is 5.62. The number of hydrogen-bond donors (Lipinski definition) is 1. The largest absolute Gasteiger partial charge is 0.309 e. The van der Waals surface area contributed by atoms with Gasteiger partial charge in [0.2, 0.25) is 0 Å². The van der Waals surface area contributed by atoms with E-state index in [1.807, 2.05) is 43.4 Å². The number of aryl methyl sites for hydroxylation is 1. The van der Waals surface area contributed by atoms with Gasteiger partial charge in [-0.3, -0.25) is 4.98 Å². The van der Waals surface area contributed by atoms with Gasteiger partial charge in [-0.1, -0.05) is 30.3 Å². The minimum atomic E-state index is -0.175. The Morgan fingerprint density at radius 1 is 1.10 bits per heavy atom. The minimum Gasteiger partial charge on any atom is -0.309 e. The van der Waals surface area contributed by atoms with Crippen molar-refractivity contribution in [1.82, 2.24) is 10.3 Å². The van der Waals surface area contributed by atoms with Gasteiger partial charge in [0.05, 0.1) is 11.6 Å². The highest BCUT2D eigenvalue weighted by Crippen LogP contribution is 2.28. The third kappa shape index (κ3) is 2.52. The second-order valence-electron chi connectivity index (χ2n) is 5.15. The van der Waals surface area contributed by atoms with E-state index in [1.165, 1.54) is 0 Å². The molecule has 0 radical (unpaired) electrons. The summed E-state index contributed by atoms with van der Waals surface area (Å²) >= 11 is 0. The zero-order chi connectivity index (χ0) is 14.8. The van der Waals surface area contributed by atoms with Crippen LogP contribution in [-0.4, -0.2) is 12.0 Å². The quantitative estimate of drug-likeness (QED) is 0.784. The third-order valence-corrected chi connectivity index (χ3v) is 3.81. The van der Waals surface area contributed by atoms with Crippen LogP contribution in [0.1, 0.15) is 22.7 Å². The number of fused-ring (bicyclic) bond motifs is 1. The number of rotatable bonds is 3. The number of aromatic nitrogens is 1. The highest BCUT2D eigenvalue weighted by Gasteiger charge is 2.16. The van der Waals surface area contributed by atoms with E-state index >= 15 is 0 Å². The van der Waals surface area contributed by atoms with Crippen LogP contribution in [0.4, 0.5) is 4.39 Å². The molecule has 1 N–H and O–H groups in total. The van der Waals surface area contributed by atoms with Crippen LogP contribution in [0.2, 0.25) is 0 Å². The fraction of sp³-hybridized carbons (Fsp3) is 0.167. The van der Waals surface area contributed by atoms with Gasteiger partial charge in [-0.25, -0.2) is 4.39 Å². The predicted molar refractivity (Wildman–Crippen MR) is 83.8 cm³/mol. The van der Waals surface area contributed by atoms with Crippen molar-refractivity contribution in [1.29, 1.82) is 0 Å². The summed E-state index contributed by atoms with van der Waals surface area (Å²) in [7, 11) is 1.89. The first-order chi connectivity index (χ1) is 10.2. The lowest BCUT2D eigenvalue weighted by atomic mass is 9.94. The standard InChI is InChI=1S/C18H17FN2/c1-12-8-9-13(11-16(12)19)18(20-2)15-5-3-7-17-14(15)6-4-10-21-17/h3-11,18,20H,1-2H3. The summed E-state index contributed by atoms with van der Waals surface area (Å²) in [6, 6.07) is 15.3. The van der Waals surface area contributed by atoms with Gasteiger partial charge in [-0.2, -0.15) is 0 Å². The molecule has 0 saturated carbocycles. The molecule has 0 spiro atoms. The van der Waals surface area contributed by atoms with E-state index in [1.54, 1.807) is 19.2 Å². The molecule has 0 aliphatic heterocycles. The Labute approximate surface area is 123 Å². The number of halogens is 1. The molecule has 0 amide bonds. The van der Waals surface area contributed by atoms with Crippen molar-refractivity contribution in [2.24, 2.45) is 0 Å². The first-order valence-electron chi connectivity index (χ1n) is 6.97. The number of benzene rings is 2. The molecule has 1 atom stereocenters. The van der Waals surface area contributed by atoms with E-state index in [9.17, 15) is 4.39 Å².